The molecule has 0 bridgehead atoms. The number of halogens is 1. The van der Waals surface area contributed by atoms with E-state index in [1.54, 1.807) is 23.8 Å². The summed E-state index contributed by atoms with van der Waals surface area (Å²) in [7, 11) is 1.75. The van der Waals surface area contributed by atoms with Crippen molar-refractivity contribution in [3.63, 3.8) is 0 Å². The van der Waals surface area contributed by atoms with Crippen LogP contribution in [0.3, 0.4) is 0 Å². The minimum absolute atomic E-state index is 0.0718. The van der Waals surface area contributed by atoms with E-state index < -0.39 is 0 Å². The first-order chi connectivity index (χ1) is 16.3. The fraction of sp³-hybridized carbons (Fsp3) is 0.292. The largest absolute Gasteiger partial charge is 0.387 e. The number of aryl methyl sites for hydroxylation is 1. The Bertz CT molecular complexity index is 1440. The highest BCUT2D eigenvalue weighted by Gasteiger charge is 2.32. The number of nitrogens with one attached hydrogen (secondary N) is 1. The average molecular weight is 474 g/mol. The molecule has 10 heteroatoms. The molecule has 2 unspecified atom stereocenters. The zero-order chi connectivity index (χ0) is 24.4. The first kappa shape index (κ1) is 23.6. The lowest BCUT2D eigenvalue weighted by molar-refractivity contribution is 0.112. The van der Waals surface area contributed by atoms with Gasteiger partial charge in [-0.2, -0.15) is 0 Å². The number of imidazole rings is 1. The van der Waals surface area contributed by atoms with Crippen molar-refractivity contribution < 1.29 is 9.18 Å². The van der Waals surface area contributed by atoms with Crippen LogP contribution in [-0.2, 0) is 0 Å². The third-order valence-corrected chi connectivity index (χ3v) is 6.84. The summed E-state index contributed by atoms with van der Waals surface area (Å²) in [5.74, 6) is 2.66. The summed E-state index contributed by atoms with van der Waals surface area (Å²) in [6, 6.07) is 5.30. The third kappa shape index (κ3) is 4.70. The number of hydrogen-bond donors (Lipinski definition) is 1. The highest BCUT2D eigenvalue weighted by Crippen LogP contribution is 2.38. The third-order valence-electron chi connectivity index (χ3n) is 5.95. The first-order valence-electron chi connectivity index (χ1n) is 11.0. The second kappa shape index (κ2) is 9.73. The number of carbonyl (C=O) groups excluding carboxylic acids is 1. The van der Waals surface area contributed by atoms with E-state index in [1.165, 1.54) is 23.0 Å². The Morgan fingerprint density at radius 3 is 2.76 bits per heavy atom. The number of pyridine rings is 2. The van der Waals surface area contributed by atoms with Crippen LogP contribution in [0.4, 0.5) is 10.1 Å². The number of rotatable bonds is 3. The van der Waals surface area contributed by atoms with Crippen molar-refractivity contribution in [2.75, 3.05) is 12.4 Å². The van der Waals surface area contributed by atoms with Crippen LogP contribution in [0.25, 0.3) is 21.6 Å². The zero-order valence-corrected chi connectivity index (χ0v) is 20.2. The van der Waals surface area contributed by atoms with E-state index in [0.29, 0.717) is 16.5 Å². The molecule has 0 saturated heterocycles. The number of hydrogen-bond acceptors (Lipinski definition) is 7. The lowest BCUT2D eigenvalue weighted by Gasteiger charge is -2.26. The van der Waals surface area contributed by atoms with E-state index in [1.807, 2.05) is 19.1 Å². The molecule has 4 aromatic heterocycles. The van der Waals surface area contributed by atoms with E-state index >= 15 is 0 Å². The van der Waals surface area contributed by atoms with Crippen LogP contribution in [0.15, 0.2) is 36.7 Å². The van der Waals surface area contributed by atoms with Gasteiger partial charge in [0.15, 0.2) is 22.8 Å². The monoisotopic (exact) mass is 474 g/mol. The van der Waals surface area contributed by atoms with E-state index in [9.17, 15) is 14.4 Å². The van der Waals surface area contributed by atoms with Crippen LogP contribution in [0.1, 0.15) is 41.5 Å². The second-order valence-electron chi connectivity index (χ2n) is 8.52. The van der Waals surface area contributed by atoms with Gasteiger partial charge in [-0.15, -0.1) is 0 Å². The van der Waals surface area contributed by atoms with Crippen LogP contribution in [0, 0.1) is 24.0 Å². The Morgan fingerprint density at radius 2 is 2.09 bits per heavy atom. The Hall–Kier alpha value is -3.58. The number of aromatic nitrogens is 4. The molecule has 5 heterocycles. The van der Waals surface area contributed by atoms with Gasteiger partial charge in [-0.25, -0.2) is 24.6 Å². The van der Waals surface area contributed by atoms with Crippen molar-refractivity contribution in [1.82, 2.24) is 19.4 Å². The summed E-state index contributed by atoms with van der Waals surface area (Å²) in [6.45, 7) is 6.11. The Kier molecular flexibility index (Phi) is 6.75. The molecule has 0 amide bonds. The van der Waals surface area contributed by atoms with E-state index in [-0.39, 0.29) is 18.3 Å². The Labute approximate surface area is 201 Å². The van der Waals surface area contributed by atoms with Crippen LogP contribution in [-0.4, -0.2) is 39.4 Å². The SMILES string of the molecule is CC1C=C(c2ccc3nc(C=O)sc3n2)CC(C)B1C#N.CNc1cc(F)c2nc(C)cn2c1. The quantitative estimate of drug-likeness (QED) is 0.313. The minimum Gasteiger partial charge on any atom is -0.387 e. The second-order valence-corrected chi connectivity index (χ2v) is 9.53. The van der Waals surface area contributed by atoms with Gasteiger partial charge in [0.2, 0.25) is 0 Å². The van der Waals surface area contributed by atoms with E-state index in [4.69, 9.17) is 0 Å². The molecule has 0 aromatic carbocycles. The predicted octanol–water partition coefficient (Wildman–Crippen LogP) is 5.45. The minimum atomic E-state index is -0.306. The first-order valence-corrected chi connectivity index (χ1v) is 11.8. The van der Waals surface area contributed by atoms with Crippen LogP contribution < -0.4 is 5.32 Å². The summed E-state index contributed by atoms with van der Waals surface area (Å²) in [5, 5.41) is 12.6. The van der Waals surface area contributed by atoms with Crippen LogP contribution in [0.5, 0.6) is 0 Å². The van der Waals surface area contributed by atoms with Gasteiger partial charge in [-0.3, -0.25) is 4.79 Å². The fourth-order valence-electron chi connectivity index (χ4n) is 4.30. The lowest BCUT2D eigenvalue weighted by atomic mass is 9.33. The molecule has 4 aromatic rings. The summed E-state index contributed by atoms with van der Waals surface area (Å²) >= 11 is 1.31. The maximum absolute atomic E-state index is 13.3. The molecule has 0 fully saturated rings. The van der Waals surface area contributed by atoms with Gasteiger partial charge in [0.05, 0.1) is 17.1 Å². The number of allylic oxidation sites excluding steroid dienone is 2. The number of carbonyl (C=O) groups is 1. The molecule has 1 aliphatic heterocycles. The Balaban J connectivity index is 0.000000180. The summed E-state index contributed by atoms with van der Waals surface area (Å²) in [5.41, 5.74) is 4.80. The van der Waals surface area contributed by atoms with Gasteiger partial charge < -0.3 is 9.72 Å². The number of fused-ring (bicyclic) bond motifs is 2. The molecule has 5 rings (SSSR count). The number of nitriles is 1. The number of aldehydes is 1. The van der Waals surface area contributed by atoms with Gasteiger partial charge in [0, 0.05) is 31.5 Å². The predicted molar refractivity (Wildman–Crippen MR) is 135 cm³/mol. The summed E-state index contributed by atoms with van der Waals surface area (Å²) in [6.07, 6.45) is 7.37. The highest BCUT2D eigenvalue weighted by molar-refractivity contribution is 7.19. The van der Waals surface area contributed by atoms with Crippen molar-refractivity contribution in [2.24, 2.45) is 0 Å². The molecule has 7 nitrogen and oxygen atoms in total. The van der Waals surface area contributed by atoms with Crippen LogP contribution in [0.2, 0.25) is 11.6 Å². The van der Waals surface area contributed by atoms with Gasteiger partial charge in [0.25, 0.3) is 6.71 Å². The number of thiazole rings is 1. The number of nitrogens with zero attached hydrogens (tertiary/aromatic N) is 5. The van der Waals surface area contributed by atoms with Gasteiger partial charge >= 0.3 is 0 Å². The lowest BCUT2D eigenvalue weighted by Crippen LogP contribution is -2.25. The zero-order valence-electron chi connectivity index (χ0n) is 19.4. The molecule has 0 aliphatic carbocycles. The molecule has 0 saturated carbocycles. The van der Waals surface area contributed by atoms with Crippen molar-refractivity contribution >= 4 is 51.6 Å². The molecule has 172 valence electrons. The molecule has 1 N–H and O–H groups in total. The molecule has 1 aliphatic rings. The number of anilines is 1. The van der Waals surface area contributed by atoms with E-state index in [0.717, 1.165) is 40.1 Å². The van der Waals surface area contributed by atoms with Crippen molar-refractivity contribution in [1.29, 1.82) is 5.26 Å². The topological polar surface area (TPSA) is 96.0 Å². The highest BCUT2D eigenvalue weighted by atomic mass is 32.1. The maximum Gasteiger partial charge on any atom is 0.277 e. The maximum atomic E-state index is 13.3. The summed E-state index contributed by atoms with van der Waals surface area (Å²) < 4.78 is 15.0. The molecule has 0 spiro atoms. The molecule has 34 heavy (non-hydrogen) atoms. The van der Waals surface area contributed by atoms with Crippen LogP contribution >= 0.6 is 11.3 Å². The molecular weight excluding hydrogens is 450 g/mol. The van der Waals surface area contributed by atoms with E-state index in [2.05, 4.69) is 46.2 Å². The van der Waals surface area contributed by atoms with Gasteiger partial charge in [-0.05, 0) is 42.7 Å². The fourth-order valence-corrected chi connectivity index (χ4v) is 5.05. The summed E-state index contributed by atoms with van der Waals surface area (Å²) in [4.78, 5) is 24.5. The molecule has 2 atom stereocenters. The van der Waals surface area contributed by atoms with Crippen molar-refractivity contribution in [2.45, 2.75) is 38.8 Å². The smallest absolute Gasteiger partial charge is 0.277 e. The van der Waals surface area contributed by atoms with Gasteiger partial charge in [-0.1, -0.05) is 31.3 Å². The Morgan fingerprint density at radius 1 is 1.29 bits per heavy atom. The molecular formula is C24H24BFN6OS. The van der Waals surface area contributed by atoms with Gasteiger partial charge in [0.1, 0.15) is 10.3 Å². The molecule has 0 radical (unpaired) electrons. The van der Waals surface area contributed by atoms with Crippen molar-refractivity contribution in [3.8, 4) is 5.97 Å². The normalized spacial score (nSPS) is 17.6. The average Bonchev–Trinajstić information content (AvgIpc) is 3.41. The standard InChI is InChI=1S/C15H14BN3OS.C9H10FN3/c1-9-5-11(6-10(2)16(9)8-17)12-3-4-13-15(19-12)21-14(7-20)18-13;1-6-4-13-5-7(11-2)3-8(10)9(13)12-6/h3-5,7,9-10H,6H2,1-2H3;3-5,11H,1-2H3. The van der Waals surface area contributed by atoms with Crippen molar-refractivity contribution in [3.05, 3.63) is 58.9 Å².